The highest BCUT2D eigenvalue weighted by Gasteiger charge is 2.24. The van der Waals surface area contributed by atoms with E-state index in [1.54, 1.807) is 17.5 Å². The zero-order valence-electron chi connectivity index (χ0n) is 11.5. The predicted molar refractivity (Wildman–Crippen MR) is 79.5 cm³/mol. The molecule has 20 heavy (non-hydrogen) atoms. The van der Waals surface area contributed by atoms with Crippen molar-refractivity contribution in [2.24, 2.45) is 0 Å². The summed E-state index contributed by atoms with van der Waals surface area (Å²) in [4.78, 5) is 15.5. The summed E-state index contributed by atoms with van der Waals surface area (Å²) in [6.07, 6.45) is 7.71. The molecule has 0 aliphatic carbocycles. The molecule has 3 heterocycles. The molecule has 1 aliphatic rings. The van der Waals surface area contributed by atoms with Crippen LogP contribution < -0.4 is 9.64 Å². The monoisotopic (exact) mass is 290 g/mol. The van der Waals surface area contributed by atoms with E-state index in [-0.39, 0.29) is 0 Å². The second-order valence-corrected chi connectivity index (χ2v) is 5.73. The number of hydrogen-bond donors (Lipinski definition) is 0. The van der Waals surface area contributed by atoms with Crippen LogP contribution in [0.2, 0.25) is 0 Å². The summed E-state index contributed by atoms with van der Waals surface area (Å²) >= 11 is 1.74. The van der Waals surface area contributed by atoms with E-state index in [1.165, 1.54) is 11.4 Å². The molecule has 5 nitrogen and oxygen atoms in total. The predicted octanol–water partition coefficient (Wildman–Crippen LogP) is 2.72. The van der Waals surface area contributed by atoms with E-state index in [0.29, 0.717) is 18.4 Å². The van der Waals surface area contributed by atoms with Gasteiger partial charge in [-0.05, 0) is 19.8 Å². The van der Waals surface area contributed by atoms with Crippen molar-refractivity contribution < 1.29 is 4.74 Å². The smallest absolute Gasteiger partial charge is 0.234 e. The van der Waals surface area contributed by atoms with Gasteiger partial charge in [0.1, 0.15) is 0 Å². The highest BCUT2D eigenvalue weighted by molar-refractivity contribution is 7.09. The topological polar surface area (TPSA) is 51.1 Å². The van der Waals surface area contributed by atoms with Crippen molar-refractivity contribution in [2.45, 2.75) is 25.7 Å². The minimum absolute atomic E-state index is 0.501. The van der Waals surface area contributed by atoms with E-state index in [9.17, 15) is 0 Å². The van der Waals surface area contributed by atoms with Gasteiger partial charge in [-0.2, -0.15) is 4.98 Å². The molecule has 106 valence electrons. The van der Waals surface area contributed by atoms with Crippen molar-refractivity contribution in [1.29, 1.82) is 0 Å². The lowest BCUT2D eigenvalue weighted by Gasteiger charge is -2.32. The maximum Gasteiger partial charge on any atom is 0.234 e. The standard InChI is InChI=1S/C14H18N4OS/c1-2-19-13-9-15-8-12(17-13)18-6-3-4-11(10-18)14-16-5-7-20-14/h5,7-9,11H,2-4,6,10H2,1H3. The van der Waals surface area contributed by atoms with Gasteiger partial charge in [-0.15, -0.1) is 11.3 Å². The van der Waals surface area contributed by atoms with Crippen LogP contribution in [-0.2, 0) is 0 Å². The first-order valence-electron chi connectivity index (χ1n) is 6.96. The average Bonchev–Trinajstić information content (AvgIpc) is 3.02. The van der Waals surface area contributed by atoms with E-state index >= 15 is 0 Å². The van der Waals surface area contributed by atoms with Crippen LogP contribution in [0.15, 0.2) is 24.0 Å². The number of ether oxygens (including phenoxy) is 1. The molecule has 0 radical (unpaired) electrons. The van der Waals surface area contributed by atoms with Gasteiger partial charge in [0.2, 0.25) is 5.88 Å². The number of thiazole rings is 1. The molecule has 1 saturated heterocycles. The summed E-state index contributed by atoms with van der Waals surface area (Å²) in [5, 5.41) is 3.27. The highest BCUT2D eigenvalue weighted by atomic mass is 32.1. The van der Waals surface area contributed by atoms with E-state index < -0.39 is 0 Å². The van der Waals surface area contributed by atoms with Crippen LogP contribution >= 0.6 is 11.3 Å². The fourth-order valence-corrected chi connectivity index (χ4v) is 3.30. The number of rotatable bonds is 4. The first-order valence-corrected chi connectivity index (χ1v) is 7.84. The molecule has 2 aromatic heterocycles. The van der Waals surface area contributed by atoms with Crippen molar-refractivity contribution in [3.05, 3.63) is 29.0 Å². The number of anilines is 1. The first-order chi connectivity index (χ1) is 9.86. The van der Waals surface area contributed by atoms with Crippen molar-refractivity contribution in [3.63, 3.8) is 0 Å². The lowest BCUT2D eigenvalue weighted by molar-refractivity contribution is 0.325. The van der Waals surface area contributed by atoms with Crippen molar-refractivity contribution in [1.82, 2.24) is 15.0 Å². The van der Waals surface area contributed by atoms with E-state index in [0.717, 1.165) is 25.3 Å². The second-order valence-electron chi connectivity index (χ2n) is 4.80. The third kappa shape index (κ3) is 2.90. The number of piperidine rings is 1. The van der Waals surface area contributed by atoms with Gasteiger partial charge >= 0.3 is 0 Å². The Kier molecular flexibility index (Phi) is 4.11. The van der Waals surface area contributed by atoms with Gasteiger partial charge in [0, 0.05) is 30.6 Å². The second kappa shape index (κ2) is 6.17. The Balaban J connectivity index is 1.74. The summed E-state index contributed by atoms with van der Waals surface area (Å²) in [5.74, 6) is 2.00. The van der Waals surface area contributed by atoms with Gasteiger partial charge in [-0.25, -0.2) is 4.98 Å². The van der Waals surface area contributed by atoms with E-state index in [1.807, 2.05) is 24.7 Å². The molecule has 0 N–H and O–H groups in total. The Morgan fingerprint density at radius 3 is 3.20 bits per heavy atom. The SMILES string of the molecule is CCOc1cncc(N2CCCC(c3nccs3)C2)n1. The van der Waals surface area contributed by atoms with Gasteiger partial charge in [-0.3, -0.25) is 4.98 Å². The summed E-state index contributed by atoms with van der Waals surface area (Å²) in [7, 11) is 0. The molecular formula is C14H18N4OS. The first kappa shape index (κ1) is 13.3. The Hall–Kier alpha value is -1.69. The quantitative estimate of drug-likeness (QED) is 0.866. The Morgan fingerprint density at radius 1 is 1.45 bits per heavy atom. The number of nitrogens with zero attached hydrogens (tertiary/aromatic N) is 4. The molecule has 1 fully saturated rings. The van der Waals surface area contributed by atoms with Gasteiger partial charge in [0.15, 0.2) is 5.82 Å². The third-order valence-corrected chi connectivity index (χ3v) is 4.38. The molecule has 1 atom stereocenters. The zero-order chi connectivity index (χ0) is 13.8. The molecule has 0 amide bonds. The van der Waals surface area contributed by atoms with Gasteiger partial charge in [0.25, 0.3) is 0 Å². The molecule has 0 aromatic carbocycles. The summed E-state index contributed by atoms with van der Waals surface area (Å²) in [5.41, 5.74) is 0. The van der Waals surface area contributed by atoms with Crippen LogP contribution in [-0.4, -0.2) is 34.6 Å². The Morgan fingerprint density at radius 2 is 2.40 bits per heavy atom. The fraction of sp³-hybridized carbons (Fsp3) is 0.500. The largest absolute Gasteiger partial charge is 0.477 e. The van der Waals surface area contributed by atoms with Crippen molar-refractivity contribution in [2.75, 3.05) is 24.6 Å². The van der Waals surface area contributed by atoms with Crippen LogP contribution in [0, 0.1) is 0 Å². The Labute approximate surface area is 122 Å². The normalized spacial score (nSPS) is 19.1. The van der Waals surface area contributed by atoms with Crippen LogP contribution in [0.25, 0.3) is 0 Å². The third-order valence-electron chi connectivity index (χ3n) is 3.44. The van der Waals surface area contributed by atoms with Crippen molar-refractivity contribution in [3.8, 4) is 5.88 Å². The molecule has 6 heteroatoms. The molecule has 2 aromatic rings. The molecule has 3 rings (SSSR count). The maximum atomic E-state index is 5.43. The molecule has 0 bridgehead atoms. The van der Waals surface area contributed by atoms with E-state index in [4.69, 9.17) is 4.74 Å². The van der Waals surface area contributed by atoms with Crippen LogP contribution in [0.3, 0.4) is 0 Å². The summed E-state index contributed by atoms with van der Waals surface area (Å²) in [6.45, 7) is 4.54. The number of hydrogen-bond acceptors (Lipinski definition) is 6. The lowest BCUT2D eigenvalue weighted by Crippen LogP contribution is -2.35. The molecule has 0 spiro atoms. The highest BCUT2D eigenvalue weighted by Crippen LogP contribution is 2.30. The summed E-state index contributed by atoms with van der Waals surface area (Å²) in [6, 6.07) is 0. The molecular weight excluding hydrogens is 272 g/mol. The van der Waals surface area contributed by atoms with Gasteiger partial charge in [-0.1, -0.05) is 0 Å². The maximum absolute atomic E-state index is 5.43. The molecule has 1 unspecified atom stereocenters. The molecule has 1 aliphatic heterocycles. The van der Waals surface area contributed by atoms with Crippen LogP contribution in [0.1, 0.15) is 30.7 Å². The number of aromatic nitrogens is 3. The van der Waals surface area contributed by atoms with Gasteiger partial charge < -0.3 is 9.64 Å². The van der Waals surface area contributed by atoms with Crippen LogP contribution in [0.4, 0.5) is 5.82 Å². The van der Waals surface area contributed by atoms with Gasteiger partial charge in [0.05, 0.1) is 24.0 Å². The summed E-state index contributed by atoms with van der Waals surface area (Å²) < 4.78 is 5.43. The fourth-order valence-electron chi connectivity index (χ4n) is 2.53. The van der Waals surface area contributed by atoms with Crippen molar-refractivity contribution >= 4 is 17.2 Å². The lowest BCUT2D eigenvalue weighted by atomic mass is 9.99. The molecule has 0 saturated carbocycles. The minimum atomic E-state index is 0.501. The average molecular weight is 290 g/mol. The van der Waals surface area contributed by atoms with E-state index in [2.05, 4.69) is 19.9 Å². The Bertz CT molecular complexity index is 546. The van der Waals surface area contributed by atoms with Crippen LogP contribution in [0.5, 0.6) is 5.88 Å². The zero-order valence-corrected chi connectivity index (χ0v) is 12.3. The minimum Gasteiger partial charge on any atom is -0.477 e.